The first-order valence-corrected chi connectivity index (χ1v) is 5.45. The predicted octanol–water partition coefficient (Wildman–Crippen LogP) is 0.765. The summed E-state index contributed by atoms with van der Waals surface area (Å²) in [7, 11) is 0. The molecular formula is C11H16O6. The molecule has 1 rings (SSSR count). The predicted molar refractivity (Wildman–Crippen MR) is 56.3 cm³/mol. The zero-order valence-electron chi connectivity index (χ0n) is 9.66. The Morgan fingerprint density at radius 3 is 1.71 bits per heavy atom. The number of hydrogen-bond donors (Lipinski definition) is 3. The fraction of sp³-hybridized carbons (Fsp3) is 0.727. The fourth-order valence-electron chi connectivity index (χ4n) is 2.71. The highest BCUT2D eigenvalue weighted by atomic mass is 16.4. The molecule has 0 bridgehead atoms. The van der Waals surface area contributed by atoms with Gasteiger partial charge in [0.2, 0.25) is 0 Å². The van der Waals surface area contributed by atoms with E-state index < -0.39 is 41.6 Å². The average Bonchev–Trinajstić information content (AvgIpc) is 2.56. The number of aliphatic carboxylic acids is 3. The summed E-state index contributed by atoms with van der Waals surface area (Å²) in [6.45, 7) is 3.56. The van der Waals surface area contributed by atoms with E-state index in [9.17, 15) is 14.4 Å². The van der Waals surface area contributed by atoms with Crippen LogP contribution in [0.25, 0.3) is 0 Å². The molecule has 1 aliphatic carbocycles. The Bertz CT molecular complexity index is 348. The second-order valence-electron chi connectivity index (χ2n) is 4.82. The minimum absolute atomic E-state index is 0.0534. The first kappa shape index (κ1) is 13.5. The molecule has 3 N–H and O–H groups in total. The lowest BCUT2D eigenvalue weighted by atomic mass is 9.82. The molecule has 0 saturated heterocycles. The number of rotatable bonds is 4. The van der Waals surface area contributed by atoms with Crippen LogP contribution in [-0.4, -0.2) is 33.2 Å². The first-order valence-electron chi connectivity index (χ1n) is 5.45. The third kappa shape index (κ3) is 2.40. The highest BCUT2D eigenvalue weighted by molar-refractivity contribution is 5.86. The van der Waals surface area contributed by atoms with Crippen molar-refractivity contribution in [2.45, 2.75) is 20.3 Å². The summed E-state index contributed by atoms with van der Waals surface area (Å²) in [6, 6.07) is 0. The molecule has 0 aromatic rings. The number of carboxylic acids is 3. The van der Waals surface area contributed by atoms with Gasteiger partial charge in [0.15, 0.2) is 0 Å². The Morgan fingerprint density at radius 2 is 1.41 bits per heavy atom. The normalized spacial score (nSPS) is 32.6. The summed E-state index contributed by atoms with van der Waals surface area (Å²) in [4.78, 5) is 33.2. The van der Waals surface area contributed by atoms with Crippen LogP contribution >= 0.6 is 0 Å². The molecule has 0 spiro atoms. The Kier molecular flexibility index (Phi) is 3.75. The molecule has 1 aliphatic rings. The molecular weight excluding hydrogens is 228 g/mol. The summed E-state index contributed by atoms with van der Waals surface area (Å²) in [6.07, 6.45) is 0.112. The van der Waals surface area contributed by atoms with Crippen molar-refractivity contribution in [3.05, 3.63) is 0 Å². The minimum Gasteiger partial charge on any atom is -0.481 e. The van der Waals surface area contributed by atoms with Crippen molar-refractivity contribution >= 4 is 17.9 Å². The van der Waals surface area contributed by atoms with Gasteiger partial charge in [-0.15, -0.1) is 0 Å². The van der Waals surface area contributed by atoms with E-state index in [-0.39, 0.29) is 12.3 Å². The quantitative estimate of drug-likeness (QED) is 0.673. The monoisotopic (exact) mass is 244 g/mol. The van der Waals surface area contributed by atoms with Crippen LogP contribution in [-0.2, 0) is 14.4 Å². The van der Waals surface area contributed by atoms with Crippen LogP contribution < -0.4 is 0 Å². The van der Waals surface area contributed by atoms with E-state index in [1.807, 2.05) is 0 Å². The van der Waals surface area contributed by atoms with E-state index in [1.54, 1.807) is 13.8 Å². The maximum Gasteiger partial charge on any atom is 0.308 e. The van der Waals surface area contributed by atoms with E-state index in [0.29, 0.717) is 0 Å². The van der Waals surface area contributed by atoms with Gasteiger partial charge in [0.25, 0.3) is 0 Å². The van der Waals surface area contributed by atoms with E-state index in [1.165, 1.54) is 0 Å². The minimum atomic E-state index is -1.34. The zero-order valence-corrected chi connectivity index (χ0v) is 9.66. The van der Waals surface area contributed by atoms with Gasteiger partial charge in [-0.25, -0.2) is 0 Å². The van der Waals surface area contributed by atoms with E-state index >= 15 is 0 Å². The molecule has 0 aromatic heterocycles. The van der Waals surface area contributed by atoms with Gasteiger partial charge in [-0.1, -0.05) is 13.8 Å². The molecule has 4 unspecified atom stereocenters. The molecule has 1 fully saturated rings. The topological polar surface area (TPSA) is 112 Å². The molecule has 17 heavy (non-hydrogen) atoms. The van der Waals surface area contributed by atoms with Crippen molar-refractivity contribution in [3.63, 3.8) is 0 Å². The van der Waals surface area contributed by atoms with E-state index in [2.05, 4.69) is 0 Å². The molecule has 96 valence electrons. The van der Waals surface area contributed by atoms with Crippen LogP contribution in [0.3, 0.4) is 0 Å². The standard InChI is InChI=1S/C11H16O6/c1-4(2)5-3-6(9(12)13)8(11(16)17)7(5)10(14)15/h4-8H,3H2,1-2H3,(H,12,13)(H,14,15)(H,16,17). The zero-order chi connectivity index (χ0) is 13.3. The summed E-state index contributed by atoms with van der Waals surface area (Å²) in [5.41, 5.74) is 0. The third-order valence-electron chi connectivity index (χ3n) is 3.55. The molecule has 6 heteroatoms. The second kappa shape index (κ2) is 4.73. The van der Waals surface area contributed by atoms with Crippen LogP contribution in [0.15, 0.2) is 0 Å². The summed E-state index contributed by atoms with van der Waals surface area (Å²) < 4.78 is 0. The van der Waals surface area contributed by atoms with Crippen molar-refractivity contribution in [1.29, 1.82) is 0 Å². The largest absolute Gasteiger partial charge is 0.481 e. The van der Waals surface area contributed by atoms with Gasteiger partial charge in [-0.2, -0.15) is 0 Å². The lowest BCUT2D eigenvalue weighted by molar-refractivity contribution is -0.158. The Balaban J connectivity index is 3.13. The lowest BCUT2D eigenvalue weighted by Crippen LogP contribution is -2.34. The van der Waals surface area contributed by atoms with Gasteiger partial charge in [0.1, 0.15) is 0 Å². The lowest BCUT2D eigenvalue weighted by Gasteiger charge is -2.21. The molecule has 0 amide bonds. The van der Waals surface area contributed by atoms with Crippen LogP contribution in [0.1, 0.15) is 20.3 Å². The molecule has 0 radical (unpaired) electrons. The molecule has 6 nitrogen and oxygen atoms in total. The summed E-state index contributed by atoms with van der Waals surface area (Å²) in [5.74, 6) is -7.82. The number of hydrogen-bond acceptors (Lipinski definition) is 3. The Morgan fingerprint density at radius 1 is 0.941 bits per heavy atom. The average molecular weight is 244 g/mol. The molecule has 1 saturated carbocycles. The van der Waals surface area contributed by atoms with Crippen LogP contribution in [0.5, 0.6) is 0 Å². The molecule has 0 aliphatic heterocycles. The maximum atomic E-state index is 11.1. The second-order valence-corrected chi connectivity index (χ2v) is 4.82. The van der Waals surface area contributed by atoms with Gasteiger partial charge in [0, 0.05) is 0 Å². The third-order valence-corrected chi connectivity index (χ3v) is 3.55. The van der Waals surface area contributed by atoms with Crippen molar-refractivity contribution < 1.29 is 29.7 Å². The van der Waals surface area contributed by atoms with Gasteiger partial charge in [0.05, 0.1) is 17.8 Å². The van der Waals surface area contributed by atoms with E-state index in [0.717, 1.165) is 0 Å². The molecule has 0 heterocycles. The summed E-state index contributed by atoms with van der Waals surface area (Å²) in [5, 5.41) is 27.1. The highest BCUT2D eigenvalue weighted by Crippen LogP contribution is 2.45. The van der Waals surface area contributed by atoms with Gasteiger partial charge < -0.3 is 15.3 Å². The Labute approximate surface area is 98.3 Å². The van der Waals surface area contributed by atoms with Crippen molar-refractivity contribution in [3.8, 4) is 0 Å². The smallest absolute Gasteiger partial charge is 0.308 e. The van der Waals surface area contributed by atoms with Gasteiger partial charge in [-0.05, 0) is 18.3 Å². The van der Waals surface area contributed by atoms with Crippen LogP contribution in [0, 0.1) is 29.6 Å². The first-order chi connectivity index (χ1) is 7.77. The molecule has 0 aromatic carbocycles. The van der Waals surface area contributed by atoms with Crippen molar-refractivity contribution in [2.75, 3.05) is 0 Å². The van der Waals surface area contributed by atoms with Crippen molar-refractivity contribution in [2.24, 2.45) is 29.6 Å². The van der Waals surface area contributed by atoms with E-state index in [4.69, 9.17) is 15.3 Å². The van der Waals surface area contributed by atoms with Crippen LogP contribution in [0.2, 0.25) is 0 Å². The SMILES string of the molecule is CC(C)C1CC(C(=O)O)C(C(=O)O)C1C(=O)O. The fourth-order valence-corrected chi connectivity index (χ4v) is 2.71. The number of carboxylic acid groups (broad SMARTS) is 3. The van der Waals surface area contributed by atoms with Gasteiger partial charge in [-0.3, -0.25) is 14.4 Å². The highest BCUT2D eigenvalue weighted by Gasteiger charge is 2.54. The summed E-state index contributed by atoms with van der Waals surface area (Å²) >= 11 is 0. The van der Waals surface area contributed by atoms with Crippen LogP contribution in [0.4, 0.5) is 0 Å². The number of carbonyl (C=O) groups is 3. The Hall–Kier alpha value is -1.59. The van der Waals surface area contributed by atoms with Gasteiger partial charge >= 0.3 is 17.9 Å². The maximum absolute atomic E-state index is 11.1. The molecule has 4 atom stereocenters. The van der Waals surface area contributed by atoms with Crippen molar-refractivity contribution in [1.82, 2.24) is 0 Å².